The molecule has 154 valence electrons. The van der Waals surface area contributed by atoms with E-state index in [1.807, 2.05) is 19.1 Å². The highest BCUT2D eigenvalue weighted by Gasteiger charge is 2.49. The number of ether oxygens (including phenoxy) is 1. The Morgan fingerprint density at radius 3 is 2.41 bits per heavy atom. The average Bonchev–Trinajstić information content (AvgIpc) is 2.75. The van der Waals surface area contributed by atoms with Crippen LogP contribution in [0.4, 0.5) is 0 Å². The molecule has 2 aromatic carbocycles. The molecule has 29 heavy (non-hydrogen) atoms. The lowest BCUT2D eigenvalue weighted by Gasteiger charge is -2.36. The zero-order valence-corrected chi connectivity index (χ0v) is 17.1. The van der Waals surface area contributed by atoms with Gasteiger partial charge in [-0.3, -0.25) is 9.59 Å². The fourth-order valence-electron chi connectivity index (χ4n) is 3.82. The largest absolute Gasteiger partial charge is 0.421 e. The molecule has 0 saturated carbocycles. The van der Waals surface area contributed by atoms with Gasteiger partial charge in [0.1, 0.15) is 0 Å². The van der Waals surface area contributed by atoms with Gasteiger partial charge < -0.3 is 4.74 Å². The second-order valence-electron chi connectivity index (χ2n) is 7.50. The molecule has 5 heteroatoms. The molecule has 0 heterocycles. The minimum Gasteiger partial charge on any atom is -0.421 e. The highest BCUT2D eigenvalue weighted by molar-refractivity contribution is 6.13. The fourth-order valence-corrected chi connectivity index (χ4v) is 3.82. The van der Waals surface area contributed by atoms with Crippen molar-refractivity contribution in [2.24, 2.45) is 0 Å². The third-order valence-electron chi connectivity index (χ3n) is 5.40. The van der Waals surface area contributed by atoms with E-state index in [1.54, 1.807) is 30.3 Å². The maximum atomic E-state index is 13.2. The Labute approximate surface area is 171 Å². The Hall–Kier alpha value is -2.50. The molecule has 0 bridgehead atoms. The minimum absolute atomic E-state index is 0.162. The van der Waals surface area contributed by atoms with Crippen LogP contribution in [0.2, 0.25) is 0 Å². The Bertz CT molecular complexity index is 889. The van der Waals surface area contributed by atoms with Crippen LogP contribution in [0.1, 0.15) is 85.0 Å². The van der Waals surface area contributed by atoms with Crippen LogP contribution < -0.4 is 0 Å². The van der Waals surface area contributed by atoms with Gasteiger partial charge in [0.2, 0.25) is 0 Å². The number of carbonyl (C=O) groups is 2. The summed E-state index contributed by atoms with van der Waals surface area (Å²) in [4.78, 5) is 30.5. The van der Waals surface area contributed by atoms with E-state index >= 15 is 0 Å². The summed E-state index contributed by atoms with van der Waals surface area (Å²) in [7, 11) is 0. The Morgan fingerprint density at radius 2 is 1.69 bits per heavy atom. The summed E-state index contributed by atoms with van der Waals surface area (Å²) in [6.45, 7) is 4.13. The highest BCUT2D eigenvalue weighted by atomic mass is 17.1. The molecule has 0 aromatic heterocycles. The van der Waals surface area contributed by atoms with E-state index in [1.165, 1.54) is 0 Å². The monoisotopic (exact) mass is 396 g/mol. The molecule has 0 spiro atoms. The summed E-state index contributed by atoms with van der Waals surface area (Å²) in [6.07, 6.45) is 5.85. The number of esters is 1. The fraction of sp³-hybridized carbons (Fsp3) is 0.417. The molecule has 0 amide bonds. The van der Waals surface area contributed by atoms with Crippen LogP contribution in [0.15, 0.2) is 42.5 Å². The predicted molar refractivity (Wildman–Crippen MR) is 110 cm³/mol. The summed E-state index contributed by atoms with van der Waals surface area (Å²) in [5.41, 5.74) is 2.49. The summed E-state index contributed by atoms with van der Waals surface area (Å²) in [6, 6.07) is 12.2. The second-order valence-corrected chi connectivity index (χ2v) is 7.50. The van der Waals surface area contributed by atoms with E-state index in [4.69, 9.17) is 9.62 Å². The van der Waals surface area contributed by atoms with Crippen molar-refractivity contribution in [3.8, 4) is 0 Å². The molecule has 3 rings (SSSR count). The summed E-state index contributed by atoms with van der Waals surface area (Å²) in [5, 5.41) is 9.95. The highest BCUT2D eigenvalue weighted by Crippen LogP contribution is 2.43. The molecular weight excluding hydrogens is 368 g/mol. The van der Waals surface area contributed by atoms with Crippen molar-refractivity contribution in [1.82, 2.24) is 0 Å². The molecule has 1 unspecified atom stereocenters. The van der Waals surface area contributed by atoms with E-state index in [0.29, 0.717) is 28.7 Å². The summed E-state index contributed by atoms with van der Waals surface area (Å²) >= 11 is 0. The molecular formula is C24H28O5. The second kappa shape index (κ2) is 9.33. The molecule has 1 aliphatic rings. The molecule has 0 saturated heterocycles. The van der Waals surface area contributed by atoms with Crippen LogP contribution in [0.25, 0.3) is 0 Å². The van der Waals surface area contributed by atoms with Gasteiger partial charge in [-0.05, 0) is 30.9 Å². The van der Waals surface area contributed by atoms with E-state index in [-0.39, 0.29) is 12.2 Å². The van der Waals surface area contributed by atoms with Crippen molar-refractivity contribution in [3.05, 3.63) is 70.3 Å². The molecule has 5 nitrogen and oxygen atoms in total. The van der Waals surface area contributed by atoms with E-state index in [9.17, 15) is 14.8 Å². The Kier molecular flexibility index (Phi) is 6.83. The maximum absolute atomic E-state index is 13.2. The van der Waals surface area contributed by atoms with Gasteiger partial charge in [0.05, 0.1) is 0 Å². The Balaban J connectivity index is 2.08. The first-order valence-electron chi connectivity index (χ1n) is 10.4. The van der Waals surface area contributed by atoms with Gasteiger partial charge in [0, 0.05) is 28.7 Å². The Morgan fingerprint density at radius 1 is 0.966 bits per heavy atom. The van der Waals surface area contributed by atoms with Crippen molar-refractivity contribution in [3.63, 3.8) is 0 Å². The first-order valence-corrected chi connectivity index (χ1v) is 10.4. The van der Waals surface area contributed by atoms with Crippen LogP contribution >= 0.6 is 0 Å². The predicted octanol–water partition coefficient (Wildman–Crippen LogP) is 5.39. The first kappa shape index (κ1) is 21.2. The maximum Gasteiger partial charge on any atom is 0.308 e. The van der Waals surface area contributed by atoms with Crippen LogP contribution in [0.3, 0.4) is 0 Å². The SMILES string of the molecule is CCCCCc1ccc2c(c1)C(=O)c1ccccc1C2(OO)OC(=O)CCCC. The lowest BCUT2D eigenvalue weighted by molar-refractivity contribution is -0.384. The van der Waals surface area contributed by atoms with Gasteiger partial charge in [0.25, 0.3) is 5.79 Å². The molecule has 1 N–H and O–H groups in total. The van der Waals surface area contributed by atoms with Gasteiger partial charge >= 0.3 is 5.97 Å². The van der Waals surface area contributed by atoms with Crippen LogP contribution in [-0.2, 0) is 26.6 Å². The molecule has 2 aromatic rings. The summed E-state index contributed by atoms with van der Waals surface area (Å²) in [5.74, 6) is -2.49. The number of carbonyl (C=O) groups excluding carboxylic acids is 2. The number of ketones is 1. The van der Waals surface area contributed by atoms with Crippen molar-refractivity contribution in [2.75, 3.05) is 0 Å². The van der Waals surface area contributed by atoms with Gasteiger partial charge in [-0.25, -0.2) is 5.26 Å². The van der Waals surface area contributed by atoms with Crippen molar-refractivity contribution < 1.29 is 24.5 Å². The van der Waals surface area contributed by atoms with Crippen LogP contribution in [0, 0.1) is 0 Å². The quantitative estimate of drug-likeness (QED) is 0.202. The molecule has 1 aliphatic carbocycles. The van der Waals surface area contributed by atoms with Gasteiger partial charge in [-0.2, -0.15) is 4.89 Å². The smallest absolute Gasteiger partial charge is 0.308 e. The number of hydrogen-bond donors (Lipinski definition) is 1. The number of benzene rings is 2. The normalized spacial score (nSPS) is 17.6. The van der Waals surface area contributed by atoms with Gasteiger partial charge in [-0.15, -0.1) is 0 Å². The summed E-state index contributed by atoms with van der Waals surface area (Å²) < 4.78 is 5.71. The molecule has 0 radical (unpaired) electrons. The number of hydrogen-bond acceptors (Lipinski definition) is 5. The van der Waals surface area contributed by atoms with Gasteiger partial charge in [0.15, 0.2) is 5.78 Å². The first-order chi connectivity index (χ1) is 14.1. The van der Waals surface area contributed by atoms with E-state index in [0.717, 1.165) is 37.7 Å². The molecule has 1 atom stereocenters. The zero-order valence-electron chi connectivity index (χ0n) is 17.1. The van der Waals surface area contributed by atoms with Crippen LogP contribution in [0.5, 0.6) is 0 Å². The standard InChI is InChI=1S/C24H28O5/c1-3-5-7-10-17-14-15-21-19(16-17)23(26)18-11-8-9-12-20(18)24(21,29-27)28-22(25)13-6-4-2/h8-9,11-12,14-16,27H,3-7,10,13H2,1-2H3. The zero-order chi connectivity index (χ0) is 20.9. The average molecular weight is 396 g/mol. The minimum atomic E-state index is -1.84. The number of rotatable bonds is 9. The molecule has 0 fully saturated rings. The molecule has 0 aliphatic heterocycles. The van der Waals surface area contributed by atoms with Gasteiger partial charge in [-0.1, -0.05) is 69.5 Å². The van der Waals surface area contributed by atoms with Crippen LogP contribution in [-0.4, -0.2) is 17.0 Å². The number of aryl methyl sites for hydroxylation is 1. The van der Waals surface area contributed by atoms with Crippen molar-refractivity contribution in [2.45, 2.75) is 64.6 Å². The third-order valence-corrected chi connectivity index (χ3v) is 5.40. The van der Waals surface area contributed by atoms with Crippen molar-refractivity contribution >= 4 is 11.8 Å². The lowest BCUT2D eigenvalue weighted by Crippen LogP contribution is -2.41. The third kappa shape index (κ3) is 4.11. The van der Waals surface area contributed by atoms with E-state index < -0.39 is 11.8 Å². The number of unbranched alkanes of at least 4 members (excludes halogenated alkanes) is 3. The number of fused-ring (bicyclic) bond motifs is 2. The van der Waals surface area contributed by atoms with Crippen molar-refractivity contribution in [1.29, 1.82) is 0 Å². The lowest BCUT2D eigenvalue weighted by atomic mass is 9.79. The van der Waals surface area contributed by atoms with E-state index in [2.05, 4.69) is 6.92 Å². The topological polar surface area (TPSA) is 72.8 Å².